The van der Waals surface area contributed by atoms with Crippen LogP contribution in [0.4, 0.5) is 0 Å². The molecule has 2 heterocycles. The Kier molecular flexibility index (Phi) is 5.28. The maximum Gasteiger partial charge on any atom is 0.180 e. The van der Waals surface area contributed by atoms with Crippen LogP contribution in [0.1, 0.15) is 40.3 Å². The Morgan fingerprint density at radius 1 is 0.926 bits per heavy atom. The Bertz CT molecular complexity index is 1040. The SMILES string of the molecule is CC(C)S(=O)(=O)c1ccc(-c2cc(-c3ccnc(C(C)(C)C)c3)cs2)cc1. The van der Waals surface area contributed by atoms with E-state index in [-0.39, 0.29) is 5.41 Å². The third kappa shape index (κ3) is 4.14. The first-order valence-corrected chi connectivity index (χ1v) is 11.4. The number of thiophene rings is 1. The molecule has 3 aromatic rings. The molecule has 0 aliphatic heterocycles. The maximum atomic E-state index is 12.3. The molecule has 0 N–H and O–H groups in total. The molecule has 3 rings (SSSR count). The molecule has 0 bridgehead atoms. The molecular weight excluding hydrogens is 374 g/mol. The zero-order valence-corrected chi connectivity index (χ0v) is 18.0. The van der Waals surface area contributed by atoms with Gasteiger partial charge in [-0.15, -0.1) is 11.3 Å². The molecule has 0 fully saturated rings. The van der Waals surface area contributed by atoms with Crippen molar-refractivity contribution in [3.63, 3.8) is 0 Å². The molecule has 0 saturated heterocycles. The van der Waals surface area contributed by atoms with Gasteiger partial charge in [0, 0.05) is 22.2 Å². The Labute approximate surface area is 166 Å². The van der Waals surface area contributed by atoms with Gasteiger partial charge in [0.05, 0.1) is 10.1 Å². The van der Waals surface area contributed by atoms with Gasteiger partial charge in [0.15, 0.2) is 9.84 Å². The van der Waals surface area contributed by atoms with Crippen LogP contribution in [0, 0.1) is 0 Å². The summed E-state index contributed by atoms with van der Waals surface area (Å²) in [5.41, 5.74) is 4.40. The first-order chi connectivity index (χ1) is 12.6. The predicted octanol–water partition coefficient (Wildman–Crippen LogP) is 5.96. The fraction of sp³-hybridized carbons (Fsp3) is 0.318. The molecule has 1 aromatic carbocycles. The monoisotopic (exact) mass is 399 g/mol. The molecule has 0 radical (unpaired) electrons. The second-order valence-corrected chi connectivity index (χ2v) is 11.4. The third-order valence-electron chi connectivity index (χ3n) is 4.55. The summed E-state index contributed by atoms with van der Waals surface area (Å²) in [6.07, 6.45) is 1.86. The lowest BCUT2D eigenvalue weighted by atomic mass is 9.90. The van der Waals surface area contributed by atoms with E-state index in [9.17, 15) is 8.42 Å². The van der Waals surface area contributed by atoms with Gasteiger partial charge >= 0.3 is 0 Å². The van der Waals surface area contributed by atoms with E-state index in [0.717, 1.165) is 27.3 Å². The van der Waals surface area contributed by atoms with Gasteiger partial charge in [-0.1, -0.05) is 32.9 Å². The van der Waals surface area contributed by atoms with Gasteiger partial charge < -0.3 is 0 Å². The van der Waals surface area contributed by atoms with Gasteiger partial charge in [-0.3, -0.25) is 4.98 Å². The van der Waals surface area contributed by atoms with E-state index >= 15 is 0 Å². The molecule has 0 spiro atoms. The highest BCUT2D eigenvalue weighted by Crippen LogP contribution is 2.34. The van der Waals surface area contributed by atoms with Crippen LogP contribution in [-0.4, -0.2) is 18.7 Å². The van der Waals surface area contributed by atoms with E-state index in [1.54, 1.807) is 37.3 Å². The highest BCUT2D eigenvalue weighted by Gasteiger charge is 2.19. The van der Waals surface area contributed by atoms with Gasteiger partial charge in [-0.25, -0.2) is 8.42 Å². The number of hydrogen-bond acceptors (Lipinski definition) is 4. The molecule has 2 aromatic heterocycles. The topological polar surface area (TPSA) is 47.0 Å². The first kappa shape index (κ1) is 19.8. The van der Waals surface area contributed by atoms with Crippen molar-refractivity contribution in [2.24, 2.45) is 0 Å². The summed E-state index contributed by atoms with van der Waals surface area (Å²) in [4.78, 5) is 5.99. The lowest BCUT2D eigenvalue weighted by Crippen LogP contribution is -2.13. The van der Waals surface area contributed by atoms with Crippen molar-refractivity contribution in [1.29, 1.82) is 0 Å². The van der Waals surface area contributed by atoms with Gasteiger partial charge in [-0.05, 0) is 66.2 Å². The lowest BCUT2D eigenvalue weighted by molar-refractivity contribution is 0.569. The second kappa shape index (κ2) is 7.21. The molecule has 0 saturated carbocycles. The minimum atomic E-state index is -3.24. The van der Waals surface area contributed by atoms with Crippen molar-refractivity contribution in [1.82, 2.24) is 4.98 Å². The second-order valence-electron chi connectivity index (χ2n) is 8.00. The Balaban J connectivity index is 1.91. The fourth-order valence-electron chi connectivity index (χ4n) is 2.74. The maximum absolute atomic E-state index is 12.3. The highest BCUT2D eigenvalue weighted by molar-refractivity contribution is 7.92. The van der Waals surface area contributed by atoms with Crippen molar-refractivity contribution in [2.45, 2.75) is 50.2 Å². The summed E-state index contributed by atoms with van der Waals surface area (Å²) in [5.74, 6) is 0. The summed E-state index contributed by atoms with van der Waals surface area (Å²) in [6, 6.07) is 13.5. The number of benzene rings is 1. The van der Waals surface area contributed by atoms with Crippen LogP contribution in [0.15, 0.2) is 58.9 Å². The number of rotatable bonds is 4. The van der Waals surface area contributed by atoms with Crippen LogP contribution < -0.4 is 0 Å². The molecule has 5 heteroatoms. The van der Waals surface area contributed by atoms with E-state index in [2.05, 4.69) is 43.3 Å². The Hall–Kier alpha value is -1.98. The third-order valence-corrected chi connectivity index (χ3v) is 7.70. The molecule has 27 heavy (non-hydrogen) atoms. The van der Waals surface area contributed by atoms with E-state index in [0.29, 0.717) is 4.90 Å². The zero-order chi connectivity index (χ0) is 19.8. The van der Waals surface area contributed by atoms with Crippen LogP contribution in [0.3, 0.4) is 0 Å². The molecule has 142 valence electrons. The zero-order valence-electron chi connectivity index (χ0n) is 16.4. The van der Waals surface area contributed by atoms with Crippen LogP contribution in [-0.2, 0) is 15.3 Å². The van der Waals surface area contributed by atoms with Crippen LogP contribution in [0.5, 0.6) is 0 Å². The number of sulfone groups is 1. The molecule has 0 aliphatic carbocycles. The predicted molar refractivity (Wildman–Crippen MR) is 114 cm³/mol. The molecule has 0 unspecified atom stereocenters. The summed E-state index contributed by atoms with van der Waals surface area (Å²) >= 11 is 1.66. The van der Waals surface area contributed by atoms with Crippen molar-refractivity contribution in [2.75, 3.05) is 0 Å². The summed E-state index contributed by atoms with van der Waals surface area (Å²) in [7, 11) is -3.24. The van der Waals surface area contributed by atoms with E-state index in [1.165, 1.54) is 0 Å². The van der Waals surface area contributed by atoms with Crippen molar-refractivity contribution in [3.05, 3.63) is 59.7 Å². The van der Waals surface area contributed by atoms with Crippen molar-refractivity contribution >= 4 is 21.2 Å². The smallest absolute Gasteiger partial charge is 0.180 e. The number of hydrogen-bond donors (Lipinski definition) is 0. The van der Waals surface area contributed by atoms with Gasteiger partial charge in [0.25, 0.3) is 0 Å². The first-order valence-electron chi connectivity index (χ1n) is 8.99. The number of pyridine rings is 1. The van der Waals surface area contributed by atoms with E-state index < -0.39 is 15.1 Å². The average molecular weight is 400 g/mol. The number of nitrogens with zero attached hydrogens (tertiary/aromatic N) is 1. The Morgan fingerprint density at radius 2 is 1.59 bits per heavy atom. The van der Waals surface area contributed by atoms with Gasteiger partial charge in [-0.2, -0.15) is 0 Å². The molecule has 3 nitrogen and oxygen atoms in total. The summed E-state index contributed by atoms with van der Waals surface area (Å²) < 4.78 is 24.6. The fourth-order valence-corrected chi connectivity index (χ4v) is 4.73. The normalized spacial score (nSPS) is 12.5. The summed E-state index contributed by atoms with van der Waals surface area (Å²) in [5, 5.41) is 1.72. The quantitative estimate of drug-likeness (QED) is 0.544. The number of aromatic nitrogens is 1. The average Bonchev–Trinajstić information content (AvgIpc) is 3.11. The van der Waals surface area contributed by atoms with Gasteiger partial charge in [0.2, 0.25) is 0 Å². The molecule has 0 aliphatic rings. The van der Waals surface area contributed by atoms with E-state index in [1.807, 2.05) is 24.4 Å². The molecular formula is C22H25NO2S2. The standard InChI is InChI=1S/C22H25NO2S2/c1-15(2)27(24,25)19-8-6-16(7-9-19)20-12-18(14-26-20)17-10-11-23-21(13-17)22(3,4)5/h6-15H,1-5H3. The lowest BCUT2D eigenvalue weighted by Gasteiger charge is -2.18. The van der Waals surface area contributed by atoms with Crippen LogP contribution in [0.2, 0.25) is 0 Å². The van der Waals surface area contributed by atoms with Gasteiger partial charge in [0.1, 0.15) is 0 Å². The summed E-state index contributed by atoms with van der Waals surface area (Å²) in [6.45, 7) is 9.88. The van der Waals surface area contributed by atoms with Crippen molar-refractivity contribution < 1.29 is 8.42 Å². The highest BCUT2D eigenvalue weighted by atomic mass is 32.2. The molecule has 0 atom stereocenters. The van der Waals surface area contributed by atoms with E-state index in [4.69, 9.17) is 0 Å². The van der Waals surface area contributed by atoms with Crippen LogP contribution >= 0.6 is 11.3 Å². The largest absolute Gasteiger partial charge is 0.261 e. The van der Waals surface area contributed by atoms with Crippen LogP contribution in [0.25, 0.3) is 21.6 Å². The van der Waals surface area contributed by atoms with Crippen molar-refractivity contribution in [3.8, 4) is 21.6 Å². The minimum Gasteiger partial charge on any atom is -0.261 e. The Morgan fingerprint density at radius 3 is 2.19 bits per heavy atom. The minimum absolute atomic E-state index is 0.00655. The molecule has 0 amide bonds.